The molecule has 0 aromatic heterocycles. The Kier molecular flexibility index (Phi) is 8.40. The highest BCUT2D eigenvalue weighted by Gasteiger charge is 2.45. The first kappa shape index (κ1) is 30.8. The van der Waals surface area contributed by atoms with Crippen LogP contribution in [-0.4, -0.2) is 7.05 Å². The van der Waals surface area contributed by atoms with Gasteiger partial charge in [0, 0.05) is 29.7 Å². The van der Waals surface area contributed by atoms with Crippen molar-refractivity contribution in [3.05, 3.63) is 209 Å². The molecule has 0 fully saturated rings. The van der Waals surface area contributed by atoms with Crippen molar-refractivity contribution in [1.29, 1.82) is 0 Å². The highest BCUT2D eigenvalue weighted by molar-refractivity contribution is 5.93. The van der Waals surface area contributed by atoms with Crippen LogP contribution in [0.1, 0.15) is 52.8 Å². The average molecular weight is 621 g/mol. The van der Waals surface area contributed by atoms with Gasteiger partial charge in [0.25, 0.3) is 0 Å². The molecule has 0 saturated carbocycles. The molecule has 0 heterocycles. The Morgan fingerprint density at radius 2 is 1.17 bits per heavy atom. The Bertz CT molecular complexity index is 2110. The number of benzene rings is 6. The second-order valence-electron chi connectivity index (χ2n) is 12.3. The van der Waals surface area contributed by atoms with Crippen molar-refractivity contribution in [2.75, 3.05) is 17.7 Å². The fourth-order valence-corrected chi connectivity index (χ4v) is 7.39. The molecule has 48 heavy (non-hydrogen) atoms. The molecule has 1 aliphatic carbocycles. The number of fused-ring (bicyclic) bond motifs is 3. The largest absolute Gasteiger partial charge is 0.398 e. The van der Waals surface area contributed by atoms with Gasteiger partial charge in [0.05, 0.1) is 5.41 Å². The summed E-state index contributed by atoms with van der Waals surface area (Å²) in [5.41, 5.74) is 21.2. The van der Waals surface area contributed by atoms with Crippen LogP contribution in [0.4, 0.5) is 11.4 Å². The zero-order valence-electron chi connectivity index (χ0n) is 27.8. The van der Waals surface area contributed by atoms with Gasteiger partial charge >= 0.3 is 0 Å². The van der Waals surface area contributed by atoms with Crippen LogP contribution >= 0.6 is 0 Å². The summed E-state index contributed by atoms with van der Waals surface area (Å²) in [5, 5.41) is 0. The molecule has 6 aromatic rings. The van der Waals surface area contributed by atoms with Gasteiger partial charge in [-0.15, -0.1) is 0 Å². The van der Waals surface area contributed by atoms with Crippen LogP contribution < -0.4 is 10.6 Å². The number of hydrogen-bond donors (Lipinski definition) is 1. The molecule has 1 aliphatic rings. The molecule has 0 bridgehead atoms. The summed E-state index contributed by atoms with van der Waals surface area (Å²) in [6.07, 6.45) is 8.50. The number of anilines is 2. The molecule has 0 amide bonds. The van der Waals surface area contributed by atoms with Crippen LogP contribution in [0.5, 0.6) is 0 Å². The fraction of sp³-hybridized carbons (Fsp3) is 0.0870. The van der Waals surface area contributed by atoms with E-state index in [4.69, 9.17) is 5.73 Å². The van der Waals surface area contributed by atoms with Gasteiger partial charge in [-0.3, -0.25) is 0 Å². The molecule has 0 spiro atoms. The molecule has 0 saturated heterocycles. The van der Waals surface area contributed by atoms with E-state index in [1.54, 1.807) is 0 Å². The second kappa shape index (κ2) is 13.1. The summed E-state index contributed by atoms with van der Waals surface area (Å²) in [7, 11) is 2.14. The summed E-state index contributed by atoms with van der Waals surface area (Å²) in [5.74, 6) is 0. The molecular weight excluding hydrogens is 581 g/mol. The number of allylic oxidation sites excluding steroid dienone is 4. The first-order valence-electron chi connectivity index (χ1n) is 16.6. The third-order valence-corrected chi connectivity index (χ3v) is 9.68. The minimum absolute atomic E-state index is 0.432. The lowest BCUT2D eigenvalue weighted by atomic mass is 9.67. The lowest BCUT2D eigenvalue weighted by molar-refractivity contribution is 0.768. The van der Waals surface area contributed by atoms with E-state index < -0.39 is 5.41 Å². The quantitative estimate of drug-likeness (QED) is 0.135. The van der Waals surface area contributed by atoms with Crippen molar-refractivity contribution in [1.82, 2.24) is 0 Å². The first-order chi connectivity index (χ1) is 23.6. The summed E-state index contributed by atoms with van der Waals surface area (Å²) in [6.45, 7) is 4.10. The molecule has 2 nitrogen and oxygen atoms in total. The topological polar surface area (TPSA) is 29.3 Å². The van der Waals surface area contributed by atoms with E-state index in [0.29, 0.717) is 0 Å². The normalized spacial score (nSPS) is 13.7. The number of nitrogens with zero attached hydrogens (tertiary/aromatic N) is 1. The molecule has 0 unspecified atom stereocenters. The zero-order valence-corrected chi connectivity index (χ0v) is 27.8. The van der Waals surface area contributed by atoms with Crippen LogP contribution in [0.25, 0.3) is 28.5 Å². The van der Waals surface area contributed by atoms with E-state index in [1.165, 1.54) is 33.4 Å². The van der Waals surface area contributed by atoms with E-state index in [2.05, 4.69) is 189 Å². The van der Waals surface area contributed by atoms with Crippen LogP contribution in [0.2, 0.25) is 0 Å². The average Bonchev–Trinajstić information content (AvgIpc) is 3.45. The molecule has 6 aromatic carbocycles. The summed E-state index contributed by atoms with van der Waals surface area (Å²) < 4.78 is 0. The Balaban J connectivity index is 1.41. The number of nitrogens with two attached hydrogens (primary N) is 1. The standard InChI is InChI=1S/C46H40N2/c1-4-17-35-18-16-25-39(45(35)47)33(5-2)32-44(48(3)38-21-10-7-11-22-38)34-28-30-37(31-29-34)46(36-19-8-6-9-20-36)42-26-14-12-23-40(42)41-24-13-15-27-43(41)46/h4-32H,47H2,1-3H3/b17-4-,33-5+,44-32-. The fourth-order valence-electron chi connectivity index (χ4n) is 7.39. The maximum absolute atomic E-state index is 6.75. The number of hydrogen-bond acceptors (Lipinski definition) is 2. The summed E-state index contributed by atoms with van der Waals surface area (Å²) >= 11 is 0. The van der Waals surface area contributed by atoms with Gasteiger partial charge in [-0.2, -0.15) is 0 Å². The van der Waals surface area contributed by atoms with E-state index in [9.17, 15) is 0 Å². The van der Waals surface area contributed by atoms with Crippen molar-refractivity contribution < 1.29 is 0 Å². The van der Waals surface area contributed by atoms with Gasteiger partial charge in [-0.05, 0) is 82.1 Å². The molecule has 0 aliphatic heterocycles. The van der Waals surface area contributed by atoms with Gasteiger partial charge in [0.1, 0.15) is 0 Å². The minimum atomic E-state index is -0.432. The third-order valence-electron chi connectivity index (χ3n) is 9.68. The van der Waals surface area contributed by atoms with Crippen molar-refractivity contribution in [3.8, 4) is 11.1 Å². The van der Waals surface area contributed by atoms with Gasteiger partial charge in [0.15, 0.2) is 0 Å². The monoisotopic (exact) mass is 620 g/mol. The molecule has 0 atom stereocenters. The van der Waals surface area contributed by atoms with Gasteiger partial charge in [0.2, 0.25) is 0 Å². The van der Waals surface area contributed by atoms with E-state index >= 15 is 0 Å². The first-order valence-corrected chi connectivity index (χ1v) is 16.6. The molecule has 7 rings (SSSR count). The maximum atomic E-state index is 6.75. The Hall–Kier alpha value is -5.86. The molecule has 2 N–H and O–H groups in total. The number of para-hydroxylation sites is 2. The molecular formula is C46H40N2. The molecule has 2 heteroatoms. The maximum Gasteiger partial charge on any atom is 0.0713 e. The highest BCUT2D eigenvalue weighted by Crippen LogP contribution is 2.56. The van der Waals surface area contributed by atoms with Crippen molar-refractivity contribution in [3.63, 3.8) is 0 Å². The van der Waals surface area contributed by atoms with E-state index in [1.807, 2.05) is 13.0 Å². The predicted molar refractivity (Wildman–Crippen MR) is 206 cm³/mol. The third kappa shape index (κ3) is 5.16. The highest BCUT2D eigenvalue weighted by atomic mass is 15.1. The Labute approximate surface area is 284 Å². The lowest BCUT2D eigenvalue weighted by Gasteiger charge is -2.34. The minimum Gasteiger partial charge on any atom is -0.398 e. The van der Waals surface area contributed by atoms with Crippen LogP contribution in [0, 0.1) is 0 Å². The molecule has 234 valence electrons. The second-order valence-corrected chi connectivity index (χ2v) is 12.3. The lowest BCUT2D eigenvalue weighted by Crippen LogP contribution is -2.28. The van der Waals surface area contributed by atoms with Crippen molar-refractivity contribution in [2.24, 2.45) is 0 Å². The Morgan fingerprint density at radius 3 is 1.77 bits per heavy atom. The van der Waals surface area contributed by atoms with E-state index in [0.717, 1.165) is 39.3 Å². The van der Waals surface area contributed by atoms with Gasteiger partial charge in [-0.1, -0.05) is 158 Å². The van der Waals surface area contributed by atoms with Gasteiger partial charge in [-0.25, -0.2) is 0 Å². The molecule has 0 radical (unpaired) electrons. The summed E-state index contributed by atoms with van der Waals surface area (Å²) in [4.78, 5) is 2.26. The predicted octanol–water partition coefficient (Wildman–Crippen LogP) is 11.2. The van der Waals surface area contributed by atoms with E-state index in [-0.39, 0.29) is 0 Å². The number of nitrogen functional groups attached to an aromatic ring is 1. The summed E-state index contributed by atoms with van der Waals surface area (Å²) in [6, 6.07) is 54.7. The zero-order chi connectivity index (χ0) is 33.1. The van der Waals surface area contributed by atoms with Crippen molar-refractivity contribution in [2.45, 2.75) is 19.3 Å². The Morgan fingerprint density at radius 1 is 0.604 bits per heavy atom. The number of rotatable bonds is 8. The van der Waals surface area contributed by atoms with Crippen molar-refractivity contribution >= 4 is 28.7 Å². The van der Waals surface area contributed by atoms with Crippen LogP contribution in [0.15, 0.2) is 170 Å². The smallest absolute Gasteiger partial charge is 0.0713 e. The van der Waals surface area contributed by atoms with Crippen LogP contribution in [-0.2, 0) is 5.41 Å². The van der Waals surface area contributed by atoms with Crippen LogP contribution in [0.3, 0.4) is 0 Å². The SMILES string of the molecule is C/C=C\c1cccc(C(/C=C(/c2ccc(C3(c4ccccc4)c4ccccc4-c4ccccc43)cc2)N(C)c2ccccc2)=C/C)c1N. The van der Waals surface area contributed by atoms with Gasteiger partial charge < -0.3 is 10.6 Å².